The first-order valence-electron chi connectivity index (χ1n) is 23.3. The van der Waals surface area contributed by atoms with Gasteiger partial charge in [-0.05, 0) is 78.6 Å². The van der Waals surface area contributed by atoms with Crippen LogP contribution in [0.25, 0.3) is 11.1 Å². The van der Waals surface area contributed by atoms with Crippen molar-refractivity contribution in [3.05, 3.63) is 148 Å². The van der Waals surface area contributed by atoms with E-state index in [1.807, 2.05) is 54.6 Å². The number of carbonyl (C=O) groups excluding carboxylic acids is 7. The normalized spacial score (nSPS) is 19.4. The molecule has 1 aromatic heterocycles. The zero-order valence-electron chi connectivity index (χ0n) is 39.7. The van der Waals surface area contributed by atoms with Gasteiger partial charge in [0, 0.05) is 49.2 Å². The molecule has 0 spiro atoms. The molecule has 5 atom stereocenters. The average Bonchev–Trinajstić information content (AvgIpc) is 3.85. The summed E-state index contributed by atoms with van der Waals surface area (Å²) in [4.78, 5) is 110. The van der Waals surface area contributed by atoms with Gasteiger partial charge in [-0.3, -0.25) is 28.8 Å². The lowest BCUT2D eigenvalue weighted by Gasteiger charge is -2.27. The summed E-state index contributed by atoms with van der Waals surface area (Å²) in [6.45, 7) is 5.22. The first-order chi connectivity index (χ1) is 34.0. The third-order valence-corrected chi connectivity index (χ3v) is 12.1. The molecule has 0 fully saturated rings. The van der Waals surface area contributed by atoms with E-state index >= 15 is 0 Å². The van der Waals surface area contributed by atoms with Crippen LogP contribution >= 0.6 is 11.3 Å². The number of hydrogen-bond acceptors (Lipinski definition) is 10. The van der Waals surface area contributed by atoms with Crippen LogP contribution in [-0.2, 0) is 64.0 Å². The summed E-state index contributed by atoms with van der Waals surface area (Å²) in [5.74, 6) is -5.81. The minimum absolute atomic E-state index is 0.0317. The number of thiophene rings is 1. The monoisotopic (exact) mass is 985 g/mol. The molecule has 8 N–H and O–H groups in total. The Labute approximate surface area is 415 Å². The van der Waals surface area contributed by atoms with E-state index in [0.29, 0.717) is 27.3 Å². The molecule has 0 saturated heterocycles. The molecule has 5 aromatic rings. The highest BCUT2D eigenvalue weighted by atomic mass is 32.1. The highest BCUT2D eigenvalue weighted by Crippen LogP contribution is 2.21. The Morgan fingerprint density at radius 3 is 1.80 bits per heavy atom. The molecule has 2 bridgehead atoms. The van der Waals surface area contributed by atoms with Gasteiger partial charge >= 0.3 is 12.1 Å². The second-order valence-corrected chi connectivity index (χ2v) is 19.2. The molecular formula is C53H59N7O10S. The van der Waals surface area contributed by atoms with E-state index in [9.17, 15) is 43.5 Å². The third-order valence-electron chi connectivity index (χ3n) is 11.3. The number of rotatable bonds is 13. The average molecular weight is 986 g/mol. The van der Waals surface area contributed by atoms with Gasteiger partial charge in [0.05, 0.1) is 6.42 Å². The number of anilines is 1. The van der Waals surface area contributed by atoms with Crippen LogP contribution < -0.4 is 37.2 Å². The van der Waals surface area contributed by atoms with Gasteiger partial charge < -0.3 is 47.1 Å². The van der Waals surface area contributed by atoms with Gasteiger partial charge in [-0.1, -0.05) is 103 Å². The maximum absolute atomic E-state index is 14.7. The highest BCUT2D eigenvalue weighted by molar-refractivity contribution is 7.09. The van der Waals surface area contributed by atoms with E-state index in [1.165, 1.54) is 23.5 Å². The van der Waals surface area contributed by atoms with Gasteiger partial charge in [-0.2, -0.15) is 0 Å². The molecule has 17 nitrogen and oxygen atoms in total. The molecule has 2 aliphatic heterocycles. The van der Waals surface area contributed by atoms with Gasteiger partial charge in [-0.25, -0.2) is 9.59 Å². The van der Waals surface area contributed by atoms with Crippen molar-refractivity contribution in [1.29, 1.82) is 0 Å². The lowest BCUT2D eigenvalue weighted by molar-refractivity contribution is -0.142. The van der Waals surface area contributed by atoms with E-state index in [2.05, 4.69) is 37.2 Å². The number of fused-ring (bicyclic) bond motifs is 18. The van der Waals surface area contributed by atoms with Crippen LogP contribution in [0.4, 0.5) is 10.5 Å². The van der Waals surface area contributed by atoms with Crippen LogP contribution in [0, 0.1) is 0 Å². The number of amides is 7. The standard InChI is InChI=1S/C53H59N7O10S/c1-53(2,3)70-52(69)54-26-10-17-45(61)56-43-32-46(62)55-38-24-20-35(21-25-38)30-44(51(67)68)60-48(64)40(28-33-12-6-4-7-13-33)57-47(63)41(29-34-18-22-37(23-19-34)36-14-8-5-9-15-36)58-49(65)42(59-50(43)66)31-39-16-11-27-71-39/h4-9,11-16,18-25,27,40-44H,10,17,26,28-32H2,1-3H3,(H,54,69)(H,55,62)(H,56,61)(H,57,63)(H,58,65)(H,59,66)(H,60,64)(H,67,68)/t40-,41+,42-,43+,44+/m1/s1. The molecule has 0 saturated carbocycles. The van der Waals surface area contributed by atoms with E-state index < -0.39 is 89.7 Å². The Kier molecular flexibility index (Phi) is 18.6. The molecule has 0 unspecified atom stereocenters. The number of carboxylic acid groups (broad SMARTS) is 1. The summed E-state index contributed by atoms with van der Waals surface area (Å²) in [5, 5.41) is 31.0. The number of carboxylic acids is 1. The van der Waals surface area contributed by atoms with Gasteiger partial charge in [0.2, 0.25) is 35.4 Å². The fourth-order valence-corrected chi connectivity index (χ4v) is 8.44. The third kappa shape index (κ3) is 17.0. The van der Waals surface area contributed by atoms with E-state index in [4.69, 9.17) is 4.74 Å². The molecule has 7 amide bonds. The van der Waals surface area contributed by atoms with Crippen molar-refractivity contribution in [2.75, 3.05) is 11.9 Å². The van der Waals surface area contributed by atoms with Crippen molar-refractivity contribution in [2.45, 2.75) is 102 Å². The van der Waals surface area contributed by atoms with Crippen molar-refractivity contribution < 1.29 is 48.2 Å². The predicted molar refractivity (Wildman–Crippen MR) is 268 cm³/mol. The van der Waals surface area contributed by atoms with E-state index in [0.717, 1.165) is 11.1 Å². The maximum Gasteiger partial charge on any atom is 0.407 e. The minimum Gasteiger partial charge on any atom is -0.480 e. The quantitative estimate of drug-likeness (QED) is 0.0589. The molecule has 3 heterocycles. The molecular weight excluding hydrogens is 927 g/mol. The zero-order valence-corrected chi connectivity index (χ0v) is 40.5. The van der Waals surface area contributed by atoms with Gasteiger partial charge in [0.15, 0.2) is 0 Å². The fourth-order valence-electron chi connectivity index (χ4n) is 7.68. The molecule has 2 aliphatic rings. The van der Waals surface area contributed by atoms with E-state index in [1.54, 1.807) is 80.7 Å². The Balaban J connectivity index is 1.33. The van der Waals surface area contributed by atoms with Gasteiger partial charge in [-0.15, -0.1) is 11.3 Å². The number of ether oxygens (including phenoxy) is 1. The van der Waals surface area contributed by atoms with Crippen molar-refractivity contribution in [3.63, 3.8) is 0 Å². The van der Waals surface area contributed by atoms with Crippen LogP contribution in [0.15, 0.2) is 127 Å². The number of aliphatic carboxylic acids is 1. The van der Waals surface area contributed by atoms with Crippen LogP contribution in [-0.4, -0.2) is 95.0 Å². The molecule has 71 heavy (non-hydrogen) atoms. The van der Waals surface area contributed by atoms with Gasteiger partial charge in [0.25, 0.3) is 0 Å². The Morgan fingerprint density at radius 2 is 1.21 bits per heavy atom. The van der Waals surface area contributed by atoms with Crippen molar-refractivity contribution in [1.82, 2.24) is 31.9 Å². The number of benzene rings is 4. The number of nitrogens with one attached hydrogen (secondary N) is 7. The number of alkyl carbamates (subject to hydrolysis) is 1. The summed E-state index contributed by atoms with van der Waals surface area (Å²) in [7, 11) is 0. The van der Waals surface area contributed by atoms with Crippen LogP contribution in [0.3, 0.4) is 0 Å². The number of carbonyl (C=O) groups is 8. The summed E-state index contributed by atoms with van der Waals surface area (Å²) in [6.07, 6.45) is -1.52. The molecule has 0 aliphatic carbocycles. The topological polar surface area (TPSA) is 250 Å². The van der Waals surface area contributed by atoms with Crippen molar-refractivity contribution in [2.24, 2.45) is 0 Å². The molecule has 0 radical (unpaired) electrons. The minimum atomic E-state index is -1.50. The zero-order chi connectivity index (χ0) is 50.9. The van der Waals surface area contributed by atoms with Crippen LogP contribution in [0.2, 0.25) is 0 Å². The van der Waals surface area contributed by atoms with Crippen molar-refractivity contribution in [3.8, 4) is 11.1 Å². The van der Waals surface area contributed by atoms with Crippen LogP contribution in [0.1, 0.15) is 61.6 Å². The lowest BCUT2D eigenvalue weighted by Crippen LogP contribution is -2.60. The largest absolute Gasteiger partial charge is 0.480 e. The van der Waals surface area contributed by atoms with Gasteiger partial charge in [0.1, 0.15) is 35.8 Å². The van der Waals surface area contributed by atoms with Crippen LogP contribution in [0.5, 0.6) is 0 Å². The summed E-state index contributed by atoms with van der Waals surface area (Å²) in [6, 6.07) is 28.7. The molecule has 18 heteroatoms. The second-order valence-electron chi connectivity index (χ2n) is 18.1. The smallest absolute Gasteiger partial charge is 0.407 e. The first-order valence-corrected chi connectivity index (χ1v) is 24.2. The second kappa shape index (κ2) is 25.1. The molecule has 372 valence electrons. The van der Waals surface area contributed by atoms with Crippen molar-refractivity contribution >= 4 is 64.5 Å². The number of hydrogen-bond donors (Lipinski definition) is 8. The highest BCUT2D eigenvalue weighted by Gasteiger charge is 2.34. The summed E-state index contributed by atoms with van der Waals surface area (Å²) < 4.78 is 5.25. The maximum atomic E-state index is 14.7. The Bertz CT molecular complexity index is 2620. The Hall–Kier alpha value is -7.86. The fraction of sp³-hybridized carbons (Fsp3) is 0.321. The summed E-state index contributed by atoms with van der Waals surface area (Å²) in [5.41, 5.74) is 3.23. The first kappa shape index (κ1) is 52.5. The molecule has 4 aromatic carbocycles. The predicted octanol–water partition coefficient (Wildman–Crippen LogP) is 4.84. The SMILES string of the molecule is CC(C)(C)OC(=O)NCCCC(=O)N[C@H]1CC(=O)Nc2ccc(cc2)C[C@@H](C(=O)O)NC(=O)[C@@H](Cc2ccccc2)NC(=O)[C@H](Cc2ccc(-c3ccccc3)cc2)NC(=O)[C@@H](Cc2cccs2)NC1=O. The summed E-state index contributed by atoms with van der Waals surface area (Å²) >= 11 is 1.32. The Morgan fingerprint density at radius 1 is 0.648 bits per heavy atom. The van der Waals surface area contributed by atoms with E-state index in [-0.39, 0.29) is 45.1 Å². The lowest BCUT2D eigenvalue weighted by atomic mass is 9.99. The molecule has 7 rings (SSSR count).